The van der Waals surface area contributed by atoms with Gasteiger partial charge in [0.25, 0.3) is 0 Å². The summed E-state index contributed by atoms with van der Waals surface area (Å²) in [5.74, 6) is 0.135. The Hall–Kier alpha value is -1.45. The van der Waals surface area contributed by atoms with E-state index in [1.54, 1.807) is 6.07 Å². The summed E-state index contributed by atoms with van der Waals surface area (Å²) in [4.78, 5) is 2.26. The van der Waals surface area contributed by atoms with E-state index in [9.17, 15) is 4.39 Å². The summed E-state index contributed by atoms with van der Waals surface area (Å²) in [6, 6.07) is 7.02. The zero-order valence-corrected chi connectivity index (χ0v) is 13.2. The van der Waals surface area contributed by atoms with E-state index < -0.39 is 0 Å². The number of rotatable bonds is 10. The maximum Gasteiger partial charge on any atom is 0.127 e. The van der Waals surface area contributed by atoms with Gasteiger partial charge in [-0.1, -0.05) is 44.2 Å². The van der Waals surface area contributed by atoms with Crippen LogP contribution in [0.3, 0.4) is 0 Å². The molecule has 21 heavy (non-hydrogen) atoms. The molecular weight excluding hydrogens is 263 g/mol. The molecular formula is C18H27FN2. The molecule has 0 aromatic heterocycles. The molecule has 0 radical (unpaired) electrons. The normalized spacial score (nSPS) is 13.9. The molecule has 0 amide bonds. The molecule has 0 spiro atoms. The Bertz CT molecular complexity index is 435. The van der Waals surface area contributed by atoms with Gasteiger partial charge in [0.1, 0.15) is 5.82 Å². The van der Waals surface area contributed by atoms with Gasteiger partial charge in [0.2, 0.25) is 0 Å². The number of nitrogens with one attached hydrogen (secondary N) is 1. The molecule has 1 aromatic carbocycles. The Balaban J connectivity index is 2.86. The number of hydrogen-bond acceptors (Lipinski definition) is 2. The molecule has 0 saturated heterocycles. The van der Waals surface area contributed by atoms with Crippen LogP contribution >= 0.6 is 0 Å². The van der Waals surface area contributed by atoms with E-state index in [-0.39, 0.29) is 17.8 Å². The summed E-state index contributed by atoms with van der Waals surface area (Å²) >= 11 is 0. The topological polar surface area (TPSA) is 15.3 Å². The highest BCUT2D eigenvalue weighted by atomic mass is 19.1. The van der Waals surface area contributed by atoms with Gasteiger partial charge >= 0.3 is 0 Å². The van der Waals surface area contributed by atoms with Crippen LogP contribution in [-0.4, -0.2) is 31.1 Å². The summed E-state index contributed by atoms with van der Waals surface area (Å²) in [5.41, 5.74) is 0.740. The monoisotopic (exact) mass is 290 g/mol. The van der Waals surface area contributed by atoms with Crippen LogP contribution in [0.25, 0.3) is 0 Å². The lowest BCUT2D eigenvalue weighted by Crippen LogP contribution is -2.36. The van der Waals surface area contributed by atoms with Crippen LogP contribution in [0.2, 0.25) is 0 Å². The molecule has 2 nitrogen and oxygen atoms in total. The third-order valence-electron chi connectivity index (χ3n) is 3.55. The molecule has 2 unspecified atom stereocenters. The molecule has 0 saturated carbocycles. The van der Waals surface area contributed by atoms with Crippen molar-refractivity contribution in [3.05, 3.63) is 61.0 Å². The van der Waals surface area contributed by atoms with Gasteiger partial charge < -0.3 is 5.32 Å². The molecule has 0 heterocycles. The quantitative estimate of drug-likeness (QED) is 0.660. The van der Waals surface area contributed by atoms with Crippen LogP contribution in [0.15, 0.2) is 49.6 Å². The van der Waals surface area contributed by atoms with E-state index in [4.69, 9.17) is 0 Å². The zero-order valence-electron chi connectivity index (χ0n) is 13.2. The molecule has 3 heteroatoms. The largest absolute Gasteiger partial charge is 0.310 e. The Morgan fingerprint density at radius 3 is 2.38 bits per heavy atom. The van der Waals surface area contributed by atoms with Crippen LogP contribution in [-0.2, 0) is 0 Å². The van der Waals surface area contributed by atoms with Gasteiger partial charge in [-0.15, -0.1) is 13.2 Å². The summed E-state index contributed by atoms with van der Waals surface area (Å²) in [6.45, 7) is 15.1. The Labute approximate surface area is 128 Å². The van der Waals surface area contributed by atoms with Crippen LogP contribution in [0.5, 0.6) is 0 Å². The van der Waals surface area contributed by atoms with Crippen molar-refractivity contribution in [1.29, 1.82) is 0 Å². The molecule has 1 N–H and O–H groups in total. The highest BCUT2D eigenvalue weighted by Crippen LogP contribution is 2.25. The minimum atomic E-state index is -0.144. The van der Waals surface area contributed by atoms with E-state index in [1.165, 1.54) is 6.07 Å². The van der Waals surface area contributed by atoms with Crippen LogP contribution < -0.4 is 5.32 Å². The van der Waals surface area contributed by atoms with Crippen molar-refractivity contribution in [3.63, 3.8) is 0 Å². The fourth-order valence-electron chi connectivity index (χ4n) is 2.67. The Morgan fingerprint density at radius 1 is 1.24 bits per heavy atom. The van der Waals surface area contributed by atoms with Crippen LogP contribution in [0.1, 0.15) is 25.5 Å². The van der Waals surface area contributed by atoms with Crippen molar-refractivity contribution in [3.8, 4) is 0 Å². The van der Waals surface area contributed by atoms with Gasteiger partial charge in [-0.05, 0) is 18.5 Å². The number of nitrogens with zero attached hydrogens (tertiary/aromatic N) is 1. The minimum absolute atomic E-state index is 0.00771. The summed E-state index contributed by atoms with van der Waals surface area (Å²) in [7, 11) is 0. The van der Waals surface area contributed by atoms with E-state index in [0.29, 0.717) is 0 Å². The minimum Gasteiger partial charge on any atom is -0.310 e. The first-order chi connectivity index (χ1) is 10.1. The van der Waals surface area contributed by atoms with Gasteiger partial charge in [-0.25, -0.2) is 4.39 Å². The van der Waals surface area contributed by atoms with Crippen molar-refractivity contribution >= 4 is 0 Å². The maximum atomic E-state index is 14.1. The third-order valence-corrected chi connectivity index (χ3v) is 3.55. The predicted octanol–water partition coefficient (Wildman–Crippen LogP) is 3.79. The van der Waals surface area contributed by atoms with E-state index in [2.05, 4.69) is 30.3 Å². The second-order valence-electron chi connectivity index (χ2n) is 5.33. The highest BCUT2D eigenvalue weighted by molar-refractivity contribution is 5.22. The number of hydrogen-bond donors (Lipinski definition) is 1. The zero-order chi connectivity index (χ0) is 15.7. The first-order valence-corrected chi connectivity index (χ1v) is 7.55. The molecule has 116 valence electrons. The van der Waals surface area contributed by atoms with Crippen molar-refractivity contribution in [2.45, 2.75) is 19.9 Å². The molecule has 0 bridgehead atoms. The Morgan fingerprint density at radius 2 is 1.86 bits per heavy atom. The van der Waals surface area contributed by atoms with Gasteiger partial charge in [0, 0.05) is 31.2 Å². The molecule has 0 aliphatic carbocycles. The van der Waals surface area contributed by atoms with E-state index in [1.807, 2.05) is 31.2 Å². The average Bonchev–Trinajstić information content (AvgIpc) is 2.46. The smallest absolute Gasteiger partial charge is 0.127 e. The van der Waals surface area contributed by atoms with Gasteiger partial charge in [-0.3, -0.25) is 4.90 Å². The second-order valence-corrected chi connectivity index (χ2v) is 5.33. The van der Waals surface area contributed by atoms with Gasteiger partial charge in [0.05, 0.1) is 0 Å². The molecule has 1 aromatic rings. The van der Waals surface area contributed by atoms with Crippen LogP contribution in [0, 0.1) is 11.7 Å². The third kappa shape index (κ3) is 5.44. The molecule has 1 rings (SSSR count). The van der Waals surface area contributed by atoms with Gasteiger partial charge in [-0.2, -0.15) is 0 Å². The summed E-state index contributed by atoms with van der Waals surface area (Å²) in [5, 5.41) is 3.41. The van der Waals surface area contributed by atoms with Crippen LogP contribution in [0.4, 0.5) is 4.39 Å². The Kier molecular flexibility index (Phi) is 7.95. The predicted molar refractivity (Wildman–Crippen MR) is 88.8 cm³/mol. The van der Waals surface area contributed by atoms with E-state index >= 15 is 0 Å². The van der Waals surface area contributed by atoms with Crippen molar-refractivity contribution in [2.75, 3.05) is 26.2 Å². The standard InChI is InChI=1S/C18H27FN2/c1-5-12-21(13-6-2)14-15(4)18(20-7-3)16-10-8-9-11-17(16)19/h5-6,8-11,15,18,20H,1-2,7,12-14H2,3-4H3. The maximum absolute atomic E-state index is 14.1. The lowest BCUT2D eigenvalue weighted by atomic mass is 9.93. The first kappa shape index (κ1) is 17.6. The van der Waals surface area contributed by atoms with Crippen molar-refractivity contribution < 1.29 is 4.39 Å². The SMILES string of the molecule is C=CCN(CC=C)CC(C)C(NCC)c1ccccc1F. The second kappa shape index (κ2) is 9.48. The number of benzene rings is 1. The summed E-state index contributed by atoms with van der Waals surface area (Å²) in [6.07, 6.45) is 3.78. The lowest BCUT2D eigenvalue weighted by Gasteiger charge is -2.30. The van der Waals surface area contributed by atoms with Crippen molar-refractivity contribution in [1.82, 2.24) is 10.2 Å². The van der Waals surface area contributed by atoms with E-state index in [0.717, 1.165) is 31.7 Å². The average molecular weight is 290 g/mol. The molecule has 0 fully saturated rings. The lowest BCUT2D eigenvalue weighted by molar-refractivity contribution is 0.244. The molecule has 0 aliphatic rings. The fourth-order valence-corrected chi connectivity index (χ4v) is 2.67. The van der Waals surface area contributed by atoms with Crippen molar-refractivity contribution in [2.24, 2.45) is 5.92 Å². The first-order valence-electron chi connectivity index (χ1n) is 7.55. The molecule has 0 aliphatic heterocycles. The summed E-state index contributed by atoms with van der Waals surface area (Å²) < 4.78 is 14.1. The van der Waals surface area contributed by atoms with Gasteiger partial charge in [0.15, 0.2) is 0 Å². The fraction of sp³-hybridized carbons (Fsp3) is 0.444. The molecule has 2 atom stereocenters. The highest BCUT2D eigenvalue weighted by Gasteiger charge is 2.22. The number of halogens is 1.